The SMILES string of the molecule is CN(C)C1CCN(c2ccc3[nH]c(N4[CH]OC(Cl)=C4N)nc3c2)C1. The highest BCUT2D eigenvalue weighted by molar-refractivity contribution is 6.29. The van der Waals surface area contributed by atoms with Gasteiger partial charge < -0.3 is 25.3 Å². The van der Waals surface area contributed by atoms with Crippen molar-refractivity contribution in [3.8, 4) is 0 Å². The van der Waals surface area contributed by atoms with Crippen LogP contribution in [0.4, 0.5) is 11.6 Å². The predicted octanol–water partition coefficient (Wildman–Crippen LogP) is 1.98. The van der Waals surface area contributed by atoms with Crippen molar-refractivity contribution in [2.75, 3.05) is 37.0 Å². The molecule has 0 bridgehead atoms. The van der Waals surface area contributed by atoms with Crippen molar-refractivity contribution in [1.82, 2.24) is 14.9 Å². The maximum absolute atomic E-state index is 5.89. The normalized spacial score (nSPS) is 21.4. The molecule has 1 atom stereocenters. The Labute approximate surface area is 145 Å². The van der Waals surface area contributed by atoms with Crippen molar-refractivity contribution in [3.05, 3.63) is 36.0 Å². The van der Waals surface area contributed by atoms with Gasteiger partial charge in [0.2, 0.25) is 17.9 Å². The Kier molecular flexibility index (Phi) is 3.69. The summed E-state index contributed by atoms with van der Waals surface area (Å²) in [6, 6.07) is 6.87. The third-order valence-corrected chi connectivity index (χ3v) is 4.95. The molecular formula is C16H20ClN6O. The molecule has 2 aromatic rings. The monoisotopic (exact) mass is 347 g/mol. The van der Waals surface area contributed by atoms with E-state index in [1.54, 1.807) is 4.90 Å². The molecule has 3 N–H and O–H groups in total. The molecule has 1 unspecified atom stereocenters. The van der Waals surface area contributed by atoms with Gasteiger partial charge in [0.1, 0.15) is 0 Å². The van der Waals surface area contributed by atoms with Crippen molar-refractivity contribution < 1.29 is 4.74 Å². The van der Waals surface area contributed by atoms with E-state index in [1.807, 2.05) is 6.07 Å². The summed E-state index contributed by atoms with van der Waals surface area (Å²) in [5.41, 5.74) is 8.92. The lowest BCUT2D eigenvalue weighted by molar-refractivity contribution is 0.315. The fourth-order valence-corrected chi connectivity index (χ4v) is 3.30. The number of benzene rings is 1. The third-order valence-electron chi connectivity index (χ3n) is 4.66. The second kappa shape index (κ2) is 5.75. The minimum atomic E-state index is 0.155. The standard InChI is InChI=1S/C16H20ClN6O/c1-21(2)11-5-6-22(8-11)10-3-4-12-13(7-10)20-16(19-12)23-9-24-14(17)15(23)18/h3-4,7,9,11H,5-6,8,18H2,1-2H3,(H,19,20). The number of ether oxygens (including phenoxy) is 1. The average Bonchev–Trinajstić information content (AvgIpc) is 3.26. The number of likely N-dealkylation sites (N-methyl/N-ethyl adjacent to an activating group) is 1. The Morgan fingerprint density at radius 2 is 2.25 bits per heavy atom. The summed E-state index contributed by atoms with van der Waals surface area (Å²) in [4.78, 5) is 14.1. The van der Waals surface area contributed by atoms with Gasteiger partial charge in [0.05, 0.1) is 11.0 Å². The van der Waals surface area contributed by atoms with Crippen molar-refractivity contribution in [2.45, 2.75) is 12.5 Å². The van der Waals surface area contributed by atoms with Crippen molar-refractivity contribution in [2.24, 2.45) is 5.73 Å². The zero-order valence-corrected chi connectivity index (χ0v) is 14.4. The van der Waals surface area contributed by atoms with E-state index in [9.17, 15) is 0 Å². The fourth-order valence-electron chi connectivity index (χ4n) is 3.16. The van der Waals surface area contributed by atoms with Gasteiger partial charge in [0.15, 0.2) is 5.82 Å². The van der Waals surface area contributed by atoms with Crippen LogP contribution in [0.5, 0.6) is 0 Å². The van der Waals surface area contributed by atoms with Gasteiger partial charge in [0.25, 0.3) is 0 Å². The van der Waals surface area contributed by atoms with Crippen LogP contribution < -0.4 is 15.5 Å². The van der Waals surface area contributed by atoms with Crippen LogP contribution in [0.1, 0.15) is 6.42 Å². The Balaban J connectivity index is 1.60. The van der Waals surface area contributed by atoms with E-state index in [1.165, 1.54) is 18.8 Å². The summed E-state index contributed by atoms with van der Waals surface area (Å²) >= 11 is 5.86. The Bertz CT molecular complexity index is 801. The molecule has 7 nitrogen and oxygen atoms in total. The van der Waals surface area contributed by atoms with E-state index in [0.717, 1.165) is 24.1 Å². The van der Waals surface area contributed by atoms with Crippen LogP contribution in [-0.2, 0) is 4.74 Å². The maximum Gasteiger partial charge on any atom is 0.238 e. The number of hydrogen-bond donors (Lipinski definition) is 2. The van der Waals surface area contributed by atoms with Crippen LogP contribution in [0, 0.1) is 6.73 Å². The summed E-state index contributed by atoms with van der Waals surface area (Å²) in [6.07, 6.45) is 1.18. The fraction of sp³-hybridized carbons (Fsp3) is 0.375. The summed E-state index contributed by atoms with van der Waals surface area (Å²) in [6.45, 7) is 3.54. The number of nitrogens with two attached hydrogens (primary N) is 1. The second-order valence-electron chi connectivity index (χ2n) is 6.37. The Hall–Kier alpha value is -2.12. The molecular weight excluding hydrogens is 328 g/mol. The molecule has 1 aromatic carbocycles. The number of aromatic amines is 1. The minimum Gasteiger partial charge on any atom is -0.449 e. The molecule has 0 aliphatic carbocycles. The van der Waals surface area contributed by atoms with Crippen LogP contribution in [0.3, 0.4) is 0 Å². The van der Waals surface area contributed by atoms with Crippen LogP contribution in [-0.4, -0.2) is 48.1 Å². The smallest absolute Gasteiger partial charge is 0.238 e. The summed E-state index contributed by atoms with van der Waals surface area (Å²) in [5, 5.41) is 0.155. The molecule has 0 saturated carbocycles. The Morgan fingerprint density at radius 3 is 2.92 bits per heavy atom. The number of nitrogens with zero attached hydrogens (tertiary/aromatic N) is 4. The maximum atomic E-state index is 5.89. The van der Waals surface area contributed by atoms with Gasteiger partial charge in [-0.3, -0.25) is 4.90 Å². The second-order valence-corrected chi connectivity index (χ2v) is 6.71. The highest BCUT2D eigenvalue weighted by atomic mass is 35.5. The molecule has 1 radical (unpaired) electrons. The van der Waals surface area contributed by atoms with E-state index < -0.39 is 0 Å². The first kappa shape index (κ1) is 15.4. The van der Waals surface area contributed by atoms with Crippen molar-refractivity contribution >= 4 is 34.3 Å². The first-order chi connectivity index (χ1) is 11.5. The largest absolute Gasteiger partial charge is 0.449 e. The average molecular weight is 348 g/mol. The van der Waals surface area contributed by atoms with Crippen molar-refractivity contribution in [3.63, 3.8) is 0 Å². The number of fused-ring (bicyclic) bond motifs is 1. The summed E-state index contributed by atoms with van der Waals surface area (Å²) in [7, 11) is 4.27. The van der Waals surface area contributed by atoms with Gasteiger partial charge >= 0.3 is 0 Å². The lowest BCUT2D eigenvalue weighted by Gasteiger charge is -2.21. The van der Waals surface area contributed by atoms with E-state index in [0.29, 0.717) is 17.8 Å². The topological polar surface area (TPSA) is 73.6 Å². The number of rotatable bonds is 3. The molecule has 0 spiro atoms. The number of aromatic nitrogens is 2. The number of imidazole rings is 1. The molecule has 1 aromatic heterocycles. The van der Waals surface area contributed by atoms with Crippen LogP contribution >= 0.6 is 11.6 Å². The zero-order valence-electron chi connectivity index (χ0n) is 13.7. The van der Waals surface area contributed by atoms with Gasteiger partial charge in [-0.05, 0) is 50.3 Å². The summed E-state index contributed by atoms with van der Waals surface area (Å²) < 4.78 is 5.12. The van der Waals surface area contributed by atoms with E-state index in [4.69, 9.17) is 22.1 Å². The molecule has 24 heavy (non-hydrogen) atoms. The zero-order chi connectivity index (χ0) is 16.8. The quantitative estimate of drug-likeness (QED) is 0.884. The van der Waals surface area contributed by atoms with Gasteiger partial charge in [-0.1, -0.05) is 0 Å². The first-order valence-electron chi connectivity index (χ1n) is 7.88. The molecule has 3 heterocycles. The van der Waals surface area contributed by atoms with Gasteiger partial charge in [0, 0.05) is 24.8 Å². The van der Waals surface area contributed by atoms with Gasteiger partial charge in [-0.15, -0.1) is 0 Å². The number of halogens is 1. The van der Waals surface area contributed by atoms with Crippen molar-refractivity contribution in [1.29, 1.82) is 0 Å². The lowest BCUT2D eigenvalue weighted by atomic mass is 10.2. The predicted molar refractivity (Wildman–Crippen MR) is 95.3 cm³/mol. The van der Waals surface area contributed by atoms with Crippen LogP contribution in [0.2, 0.25) is 0 Å². The molecule has 2 aliphatic rings. The van der Waals surface area contributed by atoms with Crippen LogP contribution in [0.15, 0.2) is 29.2 Å². The van der Waals surface area contributed by atoms with Crippen LogP contribution in [0.25, 0.3) is 11.0 Å². The minimum absolute atomic E-state index is 0.155. The summed E-state index contributed by atoms with van der Waals surface area (Å²) in [5.74, 6) is 0.909. The van der Waals surface area contributed by atoms with Gasteiger partial charge in [-0.2, -0.15) is 0 Å². The molecule has 1 saturated heterocycles. The molecule has 1 fully saturated rings. The number of H-pyrrole nitrogens is 1. The molecule has 0 amide bonds. The molecule has 2 aliphatic heterocycles. The van der Waals surface area contributed by atoms with E-state index in [2.05, 4.69) is 46.0 Å². The molecule has 8 heteroatoms. The lowest BCUT2D eigenvalue weighted by Crippen LogP contribution is -2.31. The number of hydrogen-bond acceptors (Lipinski definition) is 6. The highest BCUT2D eigenvalue weighted by Gasteiger charge is 2.26. The molecule has 127 valence electrons. The van der Waals surface area contributed by atoms with E-state index in [-0.39, 0.29) is 5.22 Å². The Morgan fingerprint density at radius 1 is 1.42 bits per heavy atom. The third kappa shape index (κ3) is 2.53. The van der Waals surface area contributed by atoms with E-state index >= 15 is 0 Å². The molecule has 4 rings (SSSR count). The van der Waals surface area contributed by atoms with Gasteiger partial charge in [-0.25, -0.2) is 4.98 Å². The number of nitrogens with one attached hydrogen (secondary N) is 1. The highest BCUT2D eigenvalue weighted by Crippen LogP contribution is 2.30. The number of anilines is 2. The first-order valence-corrected chi connectivity index (χ1v) is 8.26.